The molecule has 0 fully saturated rings. The molecular formula is C15H21N3O2. The monoisotopic (exact) mass is 275 g/mol. The van der Waals surface area contributed by atoms with E-state index in [-0.39, 0.29) is 18.8 Å². The molecule has 0 radical (unpaired) electrons. The second-order valence-corrected chi connectivity index (χ2v) is 4.87. The lowest BCUT2D eigenvalue weighted by atomic mass is 10.1. The Bertz CT molecular complexity index is 592. The number of hydrogen-bond donors (Lipinski definition) is 1. The highest BCUT2D eigenvalue weighted by Crippen LogP contribution is 2.17. The molecule has 1 atom stereocenters. The van der Waals surface area contributed by atoms with E-state index in [1.807, 2.05) is 24.3 Å². The Labute approximate surface area is 118 Å². The fraction of sp³-hybridized carbons (Fsp3) is 0.467. The standard InChI is InChI=1S/C15H21N3O2/c1-3-8-18-13-7-5-4-6-12(13)17-15(18)9-14(19)11(16)10-20-2/h4-7,11H,3,8-10,16H2,1-2H3. The number of aryl methyl sites for hydroxylation is 1. The maximum Gasteiger partial charge on any atom is 0.159 e. The number of aromatic nitrogens is 2. The first-order valence-corrected chi connectivity index (χ1v) is 6.88. The molecule has 0 aliphatic heterocycles. The largest absolute Gasteiger partial charge is 0.383 e. The van der Waals surface area contributed by atoms with Crippen LogP contribution in [0.4, 0.5) is 0 Å². The Morgan fingerprint density at radius 1 is 1.45 bits per heavy atom. The molecule has 0 bridgehead atoms. The van der Waals surface area contributed by atoms with Crippen molar-refractivity contribution in [2.45, 2.75) is 32.4 Å². The molecule has 2 rings (SSSR count). The van der Waals surface area contributed by atoms with Crippen LogP contribution in [0, 0.1) is 0 Å². The summed E-state index contributed by atoms with van der Waals surface area (Å²) in [6.45, 7) is 3.20. The van der Waals surface area contributed by atoms with Crippen LogP contribution in [0.25, 0.3) is 11.0 Å². The topological polar surface area (TPSA) is 70.1 Å². The predicted molar refractivity (Wildman–Crippen MR) is 78.6 cm³/mol. The third-order valence-corrected chi connectivity index (χ3v) is 3.27. The minimum Gasteiger partial charge on any atom is -0.383 e. The van der Waals surface area contributed by atoms with Gasteiger partial charge in [0, 0.05) is 13.7 Å². The van der Waals surface area contributed by atoms with Crippen LogP contribution in [0.2, 0.25) is 0 Å². The number of rotatable bonds is 7. The van der Waals surface area contributed by atoms with E-state index in [4.69, 9.17) is 10.5 Å². The van der Waals surface area contributed by atoms with Gasteiger partial charge in [-0.15, -0.1) is 0 Å². The average Bonchev–Trinajstić information content (AvgIpc) is 2.78. The number of carbonyl (C=O) groups excluding carboxylic acids is 1. The van der Waals surface area contributed by atoms with Crippen LogP contribution in [0.5, 0.6) is 0 Å². The summed E-state index contributed by atoms with van der Waals surface area (Å²) in [4.78, 5) is 16.6. The number of nitrogens with zero attached hydrogens (tertiary/aromatic N) is 2. The van der Waals surface area contributed by atoms with Gasteiger partial charge in [-0.3, -0.25) is 4.79 Å². The van der Waals surface area contributed by atoms with E-state index in [0.29, 0.717) is 0 Å². The summed E-state index contributed by atoms with van der Waals surface area (Å²) in [7, 11) is 1.54. The van der Waals surface area contributed by atoms with Crippen molar-refractivity contribution in [1.29, 1.82) is 0 Å². The maximum atomic E-state index is 12.1. The molecule has 0 spiro atoms. The first-order valence-electron chi connectivity index (χ1n) is 6.88. The smallest absolute Gasteiger partial charge is 0.159 e. The van der Waals surface area contributed by atoms with Crippen LogP contribution in [-0.4, -0.2) is 35.1 Å². The Kier molecular flexibility index (Phi) is 4.87. The highest BCUT2D eigenvalue weighted by Gasteiger charge is 2.18. The van der Waals surface area contributed by atoms with Gasteiger partial charge in [-0.05, 0) is 18.6 Å². The van der Waals surface area contributed by atoms with Gasteiger partial charge in [-0.1, -0.05) is 19.1 Å². The summed E-state index contributed by atoms with van der Waals surface area (Å²) in [6.07, 6.45) is 1.24. The van der Waals surface area contributed by atoms with Crippen molar-refractivity contribution in [2.75, 3.05) is 13.7 Å². The fourth-order valence-electron chi connectivity index (χ4n) is 2.29. The highest BCUT2D eigenvalue weighted by molar-refractivity contribution is 5.86. The molecular weight excluding hydrogens is 254 g/mol. The molecule has 0 aliphatic rings. The number of imidazole rings is 1. The number of Topliss-reactive ketones (excluding diaryl/α,β-unsaturated/α-hetero) is 1. The van der Waals surface area contributed by atoms with Crippen molar-refractivity contribution in [3.8, 4) is 0 Å². The SMILES string of the molecule is CCCn1c(CC(=O)C(N)COC)nc2ccccc21. The lowest BCUT2D eigenvalue weighted by Crippen LogP contribution is -2.36. The Balaban J connectivity index is 2.28. The molecule has 1 unspecified atom stereocenters. The quantitative estimate of drug-likeness (QED) is 0.832. The lowest BCUT2D eigenvalue weighted by Gasteiger charge is -2.11. The van der Waals surface area contributed by atoms with Gasteiger partial charge < -0.3 is 15.0 Å². The van der Waals surface area contributed by atoms with E-state index < -0.39 is 6.04 Å². The van der Waals surface area contributed by atoms with Crippen molar-refractivity contribution in [2.24, 2.45) is 5.73 Å². The summed E-state index contributed by atoms with van der Waals surface area (Å²) in [5, 5.41) is 0. The zero-order valence-corrected chi connectivity index (χ0v) is 12.0. The van der Waals surface area contributed by atoms with Gasteiger partial charge in [0.2, 0.25) is 0 Å². The van der Waals surface area contributed by atoms with E-state index in [9.17, 15) is 4.79 Å². The number of methoxy groups -OCH3 is 1. The van der Waals surface area contributed by atoms with Gasteiger partial charge in [-0.2, -0.15) is 0 Å². The first-order chi connectivity index (χ1) is 9.67. The highest BCUT2D eigenvalue weighted by atomic mass is 16.5. The van der Waals surface area contributed by atoms with Crippen molar-refractivity contribution >= 4 is 16.8 Å². The van der Waals surface area contributed by atoms with Crippen LogP contribution in [0.1, 0.15) is 19.2 Å². The fourth-order valence-corrected chi connectivity index (χ4v) is 2.29. The number of nitrogens with two attached hydrogens (primary N) is 1. The predicted octanol–water partition coefficient (Wildman–Crippen LogP) is 1.53. The molecule has 20 heavy (non-hydrogen) atoms. The van der Waals surface area contributed by atoms with E-state index in [0.717, 1.165) is 29.8 Å². The minimum absolute atomic E-state index is 0.0421. The lowest BCUT2D eigenvalue weighted by molar-refractivity contribution is -0.120. The number of para-hydroxylation sites is 2. The van der Waals surface area contributed by atoms with Crippen LogP contribution in [0.3, 0.4) is 0 Å². The average molecular weight is 275 g/mol. The molecule has 0 amide bonds. The third kappa shape index (κ3) is 3.05. The zero-order chi connectivity index (χ0) is 14.5. The van der Waals surface area contributed by atoms with E-state index in [1.165, 1.54) is 0 Å². The summed E-state index contributed by atoms with van der Waals surface area (Å²) in [5.41, 5.74) is 7.77. The van der Waals surface area contributed by atoms with Crippen LogP contribution in [0.15, 0.2) is 24.3 Å². The van der Waals surface area contributed by atoms with Gasteiger partial charge in [0.25, 0.3) is 0 Å². The van der Waals surface area contributed by atoms with Gasteiger partial charge >= 0.3 is 0 Å². The van der Waals surface area contributed by atoms with Gasteiger partial charge in [0.1, 0.15) is 5.82 Å². The number of carbonyl (C=O) groups is 1. The summed E-state index contributed by atoms with van der Waals surface area (Å²) in [5.74, 6) is 0.740. The van der Waals surface area contributed by atoms with E-state index in [2.05, 4.69) is 16.5 Å². The molecule has 0 saturated carbocycles. The molecule has 0 saturated heterocycles. The number of ether oxygens (including phenoxy) is 1. The number of fused-ring (bicyclic) bond motifs is 1. The van der Waals surface area contributed by atoms with Crippen molar-refractivity contribution < 1.29 is 9.53 Å². The molecule has 1 aromatic heterocycles. The molecule has 5 nitrogen and oxygen atoms in total. The summed E-state index contributed by atoms with van der Waals surface area (Å²) in [6, 6.07) is 7.34. The first kappa shape index (κ1) is 14.7. The molecule has 2 N–H and O–H groups in total. The van der Waals surface area contributed by atoms with Gasteiger partial charge in [0.05, 0.1) is 30.1 Å². The molecule has 5 heteroatoms. The molecule has 108 valence electrons. The second-order valence-electron chi connectivity index (χ2n) is 4.87. The Hall–Kier alpha value is -1.72. The zero-order valence-electron chi connectivity index (χ0n) is 12.0. The van der Waals surface area contributed by atoms with Gasteiger partial charge in [0.15, 0.2) is 5.78 Å². The Morgan fingerprint density at radius 3 is 2.90 bits per heavy atom. The van der Waals surface area contributed by atoms with Crippen molar-refractivity contribution in [1.82, 2.24) is 9.55 Å². The van der Waals surface area contributed by atoms with E-state index >= 15 is 0 Å². The number of hydrogen-bond acceptors (Lipinski definition) is 4. The summed E-state index contributed by atoms with van der Waals surface area (Å²) < 4.78 is 7.03. The minimum atomic E-state index is -0.588. The molecule has 1 heterocycles. The second kappa shape index (κ2) is 6.63. The van der Waals surface area contributed by atoms with Crippen molar-refractivity contribution in [3.05, 3.63) is 30.1 Å². The molecule has 2 aromatic rings. The number of ketones is 1. The number of benzene rings is 1. The van der Waals surface area contributed by atoms with Crippen LogP contribution < -0.4 is 5.73 Å². The van der Waals surface area contributed by atoms with E-state index in [1.54, 1.807) is 7.11 Å². The van der Waals surface area contributed by atoms with Crippen LogP contribution >= 0.6 is 0 Å². The van der Waals surface area contributed by atoms with Crippen LogP contribution in [-0.2, 0) is 22.5 Å². The molecule has 0 aliphatic carbocycles. The summed E-state index contributed by atoms with van der Waals surface area (Å²) >= 11 is 0. The van der Waals surface area contributed by atoms with Gasteiger partial charge in [-0.25, -0.2) is 4.98 Å². The Morgan fingerprint density at radius 2 is 2.20 bits per heavy atom. The normalized spacial score (nSPS) is 12.8. The molecule has 1 aromatic carbocycles. The maximum absolute atomic E-state index is 12.1. The van der Waals surface area contributed by atoms with Crippen molar-refractivity contribution in [3.63, 3.8) is 0 Å². The third-order valence-electron chi connectivity index (χ3n) is 3.27.